The Balaban J connectivity index is 1.71. The first-order valence-electron chi connectivity index (χ1n) is 8.79. The van der Waals surface area contributed by atoms with Crippen LogP contribution in [0.25, 0.3) is 0 Å². The van der Waals surface area contributed by atoms with Crippen LogP contribution < -0.4 is 0 Å². The van der Waals surface area contributed by atoms with Gasteiger partial charge in [0.2, 0.25) is 0 Å². The van der Waals surface area contributed by atoms with E-state index in [1.54, 1.807) is 0 Å². The van der Waals surface area contributed by atoms with Gasteiger partial charge in [-0.1, -0.05) is 30.4 Å². The molecule has 0 radical (unpaired) electrons. The van der Waals surface area contributed by atoms with E-state index in [0.29, 0.717) is 6.54 Å². The molecule has 2 fully saturated rings. The van der Waals surface area contributed by atoms with Crippen molar-refractivity contribution >= 4 is 5.84 Å². The Kier molecular flexibility index (Phi) is 5.16. The third kappa shape index (κ3) is 4.93. The normalized spacial score (nSPS) is 23.1. The van der Waals surface area contributed by atoms with Crippen molar-refractivity contribution in [2.24, 2.45) is 16.8 Å². The molecule has 3 aliphatic rings. The molecular formula is C20H28N2O. The molecule has 3 rings (SSSR count). The molecule has 0 spiro atoms. The topological polar surface area (TPSA) is 35.8 Å². The lowest BCUT2D eigenvalue weighted by Crippen LogP contribution is -2.38. The largest absolute Gasteiger partial charge is 0.392 e. The molecule has 1 N–H and O–H groups in total. The molecule has 0 bridgehead atoms. The second-order valence-electron chi connectivity index (χ2n) is 7.21. The van der Waals surface area contributed by atoms with Crippen molar-refractivity contribution in [2.75, 3.05) is 26.2 Å². The molecule has 3 nitrogen and oxygen atoms in total. The van der Waals surface area contributed by atoms with Crippen molar-refractivity contribution < 1.29 is 5.11 Å². The maximum absolute atomic E-state index is 9.81. The van der Waals surface area contributed by atoms with Crippen LogP contribution in [0.4, 0.5) is 0 Å². The predicted molar refractivity (Wildman–Crippen MR) is 96.5 cm³/mol. The number of dihydropyridines is 1. The zero-order chi connectivity index (χ0) is 16.2. The summed E-state index contributed by atoms with van der Waals surface area (Å²) in [6, 6.07) is 0. The molecule has 0 aromatic rings. The summed E-state index contributed by atoms with van der Waals surface area (Å²) in [4.78, 5) is 7.25. The van der Waals surface area contributed by atoms with Crippen LogP contribution in [-0.4, -0.2) is 42.1 Å². The highest BCUT2D eigenvalue weighted by Gasteiger charge is 2.32. The molecule has 0 atom stereocenters. The fourth-order valence-electron chi connectivity index (χ4n) is 2.93. The highest BCUT2D eigenvalue weighted by Crippen LogP contribution is 2.34. The highest BCUT2D eigenvalue weighted by atomic mass is 16.3. The lowest BCUT2D eigenvalue weighted by molar-refractivity contribution is 0.326. The van der Waals surface area contributed by atoms with Gasteiger partial charge in [-0.15, -0.1) is 0 Å². The Morgan fingerprint density at radius 2 is 1.96 bits per heavy atom. The average Bonchev–Trinajstić information content (AvgIpc) is 3.42. The van der Waals surface area contributed by atoms with E-state index in [1.165, 1.54) is 25.7 Å². The van der Waals surface area contributed by atoms with E-state index < -0.39 is 0 Å². The molecule has 124 valence electrons. The van der Waals surface area contributed by atoms with Crippen LogP contribution >= 0.6 is 0 Å². The summed E-state index contributed by atoms with van der Waals surface area (Å²) in [6.45, 7) is 8.83. The van der Waals surface area contributed by atoms with Gasteiger partial charge in [0.1, 0.15) is 5.84 Å². The first-order valence-corrected chi connectivity index (χ1v) is 8.79. The smallest absolute Gasteiger partial charge is 0.129 e. The van der Waals surface area contributed by atoms with Crippen LogP contribution in [0.15, 0.2) is 52.6 Å². The molecule has 0 unspecified atom stereocenters. The lowest BCUT2D eigenvalue weighted by Gasteiger charge is -2.29. The minimum Gasteiger partial charge on any atom is -0.392 e. The van der Waals surface area contributed by atoms with Gasteiger partial charge < -0.3 is 10.0 Å². The fourth-order valence-corrected chi connectivity index (χ4v) is 2.93. The minimum absolute atomic E-state index is 0.0617. The first kappa shape index (κ1) is 16.3. The monoisotopic (exact) mass is 312 g/mol. The SMILES string of the molecule is C=C(C)/C=C\C=C1\C=C(CO)C(N(CC2CC2)CC2CC2)=NC1. The molecule has 23 heavy (non-hydrogen) atoms. The number of amidine groups is 1. The molecule has 0 amide bonds. The molecule has 2 aliphatic carbocycles. The maximum Gasteiger partial charge on any atom is 0.129 e. The van der Waals surface area contributed by atoms with Gasteiger partial charge >= 0.3 is 0 Å². The molecule has 0 aromatic carbocycles. The van der Waals surface area contributed by atoms with Crippen molar-refractivity contribution in [1.29, 1.82) is 0 Å². The van der Waals surface area contributed by atoms with Gasteiger partial charge in [-0.25, -0.2) is 0 Å². The Labute approximate surface area is 139 Å². The zero-order valence-electron chi connectivity index (χ0n) is 14.2. The Morgan fingerprint density at radius 1 is 1.30 bits per heavy atom. The summed E-state index contributed by atoms with van der Waals surface area (Å²) >= 11 is 0. The van der Waals surface area contributed by atoms with Gasteiger partial charge in [-0.05, 0) is 56.1 Å². The zero-order valence-corrected chi connectivity index (χ0v) is 14.2. The van der Waals surface area contributed by atoms with E-state index in [4.69, 9.17) is 4.99 Å². The summed E-state index contributed by atoms with van der Waals surface area (Å²) in [5, 5.41) is 9.81. The molecule has 3 heteroatoms. The number of hydrogen-bond donors (Lipinski definition) is 1. The van der Waals surface area contributed by atoms with E-state index in [2.05, 4.69) is 23.6 Å². The summed E-state index contributed by atoms with van der Waals surface area (Å²) < 4.78 is 0. The standard InChI is InChI=1S/C20H28N2O/c1-15(2)4-3-5-18-10-19(14-23)20(21-11-18)22(12-16-6-7-16)13-17-8-9-17/h3-5,10,16-17,23H,1,6-9,11-14H2,2H3/b4-3-,18-5-. The molecule has 1 heterocycles. The van der Waals surface area contributed by atoms with Crippen LogP contribution in [0.1, 0.15) is 32.6 Å². The number of allylic oxidation sites excluding steroid dienone is 4. The Hall–Kier alpha value is -1.61. The van der Waals surface area contributed by atoms with Gasteiger partial charge in [0.05, 0.1) is 13.2 Å². The van der Waals surface area contributed by atoms with Gasteiger partial charge in [-0.2, -0.15) is 0 Å². The third-order valence-electron chi connectivity index (χ3n) is 4.57. The van der Waals surface area contributed by atoms with Gasteiger partial charge in [-0.3, -0.25) is 4.99 Å². The number of rotatable bonds is 7. The summed E-state index contributed by atoms with van der Waals surface area (Å²) in [5.41, 5.74) is 3.15. The number of nitrogens with zero attached hydrogens (tertiary/aromatic N) is 2. The van der Waals surface area contributed by atoms with E-state index in [-0.39, 0.29) is 6.61 Å². The third-order valence-corrected chi connectivity index (χ3v) is 4.57. The van der Waals surface area contributed by atoms with Crippen molar-refractivity contribution in [3.05, 3.63) is 47.6 Å². The second kappa shape index (κ2) is 7.31. The first-order chi connectivity index (χ1) is 11.2. The number of aliphatic hydroxyl groups is 1. The van der Waals surface area contributed by atoms with Gasteiger partial charge in [0, 0.05) is 18.7 Å². The quantitative estimate of drug-likeness (QED) is 0.730. The average molecular weight is 312 g/mol. The summed E-state index contributed by atoms with van der Waals surface area (Å²) in [7, 11) is 0. The summed E-state index contributed by atoms with van der Waals surface area (Å²) in [5.74, 6) is 2.71. The van der Waals surface area contributed by atoms with Crippen molar-refractivity contribution in [1.82, 2.24) is 4.90 Å². The second-order valence-corrected chi connectivity index (χ2v) is 7.21. The van der Waals surface area contributed by atoms with E-state index in [1.807, 2.05) is 19.1 Å². The van der Waals surface area contributed by atoms with Crippen LogP contribution in [0.3, 0.4) is 0 Å². The van der Waals surface area contributed by atoms with E-state index >= 15 is 0 Å². The van der Waals surface area contributed by atoms with E-state index in [0.717, 1.165) is 47.5 Å². The van der Waals surface area contributed by atoms with Crippen molar-refractivity contribution in [2.45, 2.75) is 32.6 Å². The Bertz CT molecular complexity index is 560. The summed E-state index contributed by atoms with van der Waals surface area (Å²) in [6.07, 6.45) is 13.6. The molecule has 0 saturated heterocycles. The van der Waals surface area contributed by atoms with Crippen LogP contribution in [0.5, 0.6) is 0 Å². The molecular weight excluding hydrogens is 284 g/mol. The number of aliphatic imine (C=N–C) groups is 1. The predicted octanol–water partition coefficient (Wildman–Crippen LogP) is 3.50. The number of hydrogen-bond acceptors (Lipinski definition) is 3. The maximum atomic E-state index is 9.81. The van der Waals surface area contributed by atoms with Gasteiger partial charge in [0.15, 0.2) is 0 Å². The lowest BCUT2D eigenvalue weighted by atomic mass is 10.1. The van der Waals surface area contributed by atoms with Crippen molar-refractivity contribution in [3.8, 4) is 0 Å². The Morgan fingerprint density at radius 3 is 2.48 bits per heavy atom. The molecule has 2 saturated carbocycles. The molecule has 0 aromatic heterocycles. The van der Waals surface area contributed by atoms with Gasteiger partial charge in [0.25, 0.3) is 0 Å². The van der Waals surface area contributed by atoms with Crippen molar-refractivity contribution in [3.63, 3.8) is 0 Å². The van der Waals surface area contributed by atoms with Crippen LogP contribution in [0.2, 0.25) is 0 Å². The van der Waals surface area contributed by atoms with E-state index in [9.17, 15) is 5.11 Å². The minimum atomic E-state index is 0.0617. The van der Waals surface area contributed by atoms with Crippen LogP contribution in [0, 0.1) is 11.8 Å². The fraction of sp³-hybridized carbons (Fsp3) is 0.550. The highest BCUT2D eigenvalue weighted by molar-refractivity contribution is 6.00. The van der Waals surface area contributed by atoms with Crippen LogP contribution in [-0.2, 0) is 0 Å². The molecule has 1 aliphatic heterocycles. The number of aliphatic hydroxyl groups excluding tert-OH is 1.